The van der Waals surface area contributed by atoms with Crippen molar-refractivity contribution in [1.29, 1.82) is 0 Å². The number of para-hydroxylation sites is 1. The number of ether oxygens (including phenoxy) is 1. The summed E-state index contributed by atoms with van der Waals surface area (Å²) >= 11 is 1.33. The fourth-order valence-electron chi connectivity index (χ4n) is 2.76. The van der Waals surface area contributed by atoms with Crippen molar-refractivity contribution in [2.24, 2.45) is 0 Å². The first-order chi connectivity index (χ1) is 14.0. The van der Waals surface area contributed by atoms with Crippen LogP contribution in [0.3, 0.4) is 0 Å². The lowest BCUT2D eigenvalue weighted by molar-refractivity contribution is 0.331. The molecule has 1 N–H and O–H groups in total. The van der Waals surface area contributed by atoms with Crippen LogP contribution >= 0.6 is 11.3 Å². The molecule has 10 heteroatoms. The lowest BCUT2D eigenvalue weighted by atomic mass is 10.3. The second-order valence-electron chi connectivity index (χ2n) is 6.06. The molecule has 0 fully saturated rings. The van der Waals surface area contributed by atoms with Gasteiger partial charge in [-0.1, -0.05) is 12.1 Å². The van der Waals surface area contributed by atoms with E-state index in [1.807, 2.05) is 5.38 Å². The van der Waals surface area contributed by atoms with E-state index in [0.29, 0.717) is 34.6 Å². The van der Waals surface area contributed by atoms with Gasteiger partial charge in [0.25, 0.3) is 10.0 Å². The largest absolute Gasteiger partial charge is 0.492 e. The van der Waals surface area contributed by atoms with Crippen LogP contribution in [0.1, 0.15) is 12.6 Å². The zero-order valence-electron chi connectivity index (χ0n) is 15.7. The molecule has 0 aliphatic heterocycles. The Bertz CT molecular complexity index is 1230. The maximum Gasteiger partial charge on any atom is 0.266 e. The first-order valence-corrected chi connectivity index (χ1v) is 11.2. The van der Waals surface area contributed by atoms with Crippen molar-refractivity contribution in [2.75, 3.05) is 11.3 Å². The molecule has 0 aliphatic carbocycles. The summed E-state index contributed by atoms with van der Waals surface area (Å²) in [7, 11) is -3.90. The highest BCUT2D eigenvalue weighted by Gasteiger charge is 2.23. The predicted molar refractivity (Wildman–Crippen MR) is 110 cm³/mol. The van der Waals surface area contributed by atoms with E-state index in [0.717, 1.165) is 0 Å². The van der Waals surface area contributed by atoms with E-state index in [1.54, 1.807) is 56.5 Å². The van der Waals surface area contributed by atoms with Crippen molar-refractivity contribution in [2.45, 2.75) is 18.7 Å². The van der Waals surface area contributed by atoms with Crippen LogP contribution in [-0.2, 0) is 10.0 Å². The molecule has 150 valence electrons. The Morgan fingerprint density at radius 3 is 2.83 bits per heavy atom. The quantitative estimate of drug-likeness (QED) is 0.474. The fraction of sp³-hybridized carbons (Fsp3) is 0.158. The van der Waals surface area contributed by atoms with E-state index in [4.69, 9.17) is 9.15 Å². The summed E-state index contributed by atoms with van der Waals surface area (Å²) in [5.41, 5.74) is 1.30. The van der Waals surface area contributed by atoms with Crippen LogP contribution in [0.2, 0.25) is 0 Å². The molecular weight excluding hydrogens is 412 g/mol. The van der Waals surface area contributed by atoms with Crippen molar-refractivity contribution in [3.8, 4) is 22.3 Å². The molecule has 1 aromatic carbocycles. The average Bonchev–Trinajstić information content (AvgIpc) is 3.42. The molecule has 0 spiro atoms. The third-order valence-corrected chi connectivity index (χ3v) is 6.17. The highest BCUT2D eigenvalue weighted by atomic mass is 32.2. The van der Waals surface area contributed by atoms with Gasteiger partial charge in [-0.25, -0.2) is 13.4 Å². The Balaban J connectivity index is 1.69. The minimum atomic E-state index is -3.90. The van der Waals surface area contributed by atoms with Gasteiger partial charge in [0.05, 0.1) is 18.6 Å². The van der Waals surface area contributed by atoms with E-state index < -0.39 is 10.0 Å². The Labute approximate surface area is 171 Å². The minimum Gasteiger partial charge on any atom is -0.492 e. The highest BCUT2D eigenvalue weighted by Crippen LogP contribution is 2.29. The number of hydrogen-bond acceptors (Lipinski definition) is 7. The lowest BCUT2D eigenvalue weighted by Crippen LogP contribution is -2.17. The maximum atomic E-state index is 13.0. The number of aromatic nitrogens is 3. The van der Waals surface area contributed by atoms with Gasteiger partial charge in [0.2, 0.25) is 5.13 Å². The summed E-state index contributed by atoms with van der Waals surface area (Å²) in [5, 5.41) is 6.73. The van der Waals surface area contributed by atoms with Gasteiger partial charge in [-0.3, -0.25) is 4.72 Å². The van der Waals surface area contributed by atoms with Crippen molar-refractivity contribution >= 4 is 27.2 Å². The summed E-state index contributed by atoms with van der Waals surface area (Å²) in [6, 6.07) is 11.7. The number of thiazole rings is 1. The monoisotopic (exact) mass is 430 g/mol. The SMILES string of the molecule is CCOc1ccccc1S(=O)(=O)Nc1cc(C)nn1-c1nc(-c2ccco2)cs1. The van der Waals surface area contributed by atoms with Crippen LogP contribution < -0.4 is 9.46 Å². The molecule has 4 aromatic rings. The number of aryl methyl sites for hydroxylation is 1. The van der Waals surface area contributed by atoms with Crippen molar-refractivity contribution in [1.82, 2.24) is 14.8 Å². The third-order valence-electron chi connectivity index (χ3n) is 3.96. The Hall–Kier alpha value is -3.11. The summed E-state index contributed by atoms with van der Waals surface area (Å²) < 4.78 is 40.9. The number of sulfonamides is 1. The molecule has 0 atom stereocenters. The second kappa shape index (κ2) is 7.72. The number of hydrogen-bond donors (Lipinski definition) is 1. The van der Waals surface area contributed by atoms with E-state index in [-0.39, 0.29) is 10.7 Å². The summed E-state index contributed by atoms with van der Waals surface area (Å²) in [6.45, 7) is 3.94. The Kier molecular flexibility index (Phi) is 5.12. The number of nitrogens with zero attached hydrogens (tertiary/aromatic N) is 3. The molecule has 0 saturated carbocycles. The number of benzene rings is 1. The van der Waals surface area contributed by atoms with Gasteiger partial charge in [-0.05, 0) is 38.1 Å². The summed E-state index contributed by atoms with van der Waals surface area (Å²) in [6.07, 6.45) is 1.57. The van der Waals surface area contributed by atoms with Crippen LogP contribution in [0, 0.1) is 6.92 Å². The van der Waals surface area contributed by atoms with Gasteiger partial charge in [-0.15, -0.1) is 11.3 Å². The predicted octanol–water partition coefficient (Wildman–Crippen LogP) is 4.10. The molecule has 0 bridgehead atoms. The molecule has 0 saturated heterocycles. The molecule has 4 rings (SSSR count). The normalized spacial score (nSPS) is 11.5. The molecule has 29 heavy (non-hydrogen) atoms. The van der Waals surface area contributed by atoms with Gasteiger partial charge in [0.1, 0.15) is 22.2 Å². The van der Waals surface area contributed by atoms with Crippen LogP contribution in [0.5, 0.6) is 5.75 Å². The van der Waals surface area contributed by atoms with Gasteiger partial charge in [0.15, 0.2) is 5.76 Å². The Morgan fingerprint density at radius 1 is 1.24 bits per heavy atom. The smallest absolute Gasteiger partial charge is 0.266 e. The second-order valence-corrected chi connectivity index (χ2v) is 8.55. The topological polar surface area (TPSA) is 99.2 Å². The summed E-state index contributed by atoms with van der Waals surface area (Å²) in [4.78, 5) is 4.57. The van der Waals surface area contributed by atoms with Gasteiger partial charge in [-0.2, -0.15) is 9.78 Å². The average molecular weight is 431 g/mol. The standard InChI is InChI=1S/C19H18N4O4S2/c1-3-26-16-7-4-5-9-17(16)29(24,25)22-18-11-13(2)21-23(18)19-20-14(12-28-19)15-8-6-10-27-15/h4-12,22H,3H2,1-2H3. The molecule has 0 unspecified atom stereocenters. The number of rotatable bonds is 7. The first-order valence-electron chi connectivity index (χ1n) is 8.79. The van der Waals surface area contributed by atoms with Crippen LogP contribution in [0.15, 0.2) is 63.4 Å². The molecule has 3 heterocycles. The van der Waals surface area contributed by atoms with Crippen molar-refractivity contribution in [3.63, 3.8) is 0 Å². The number of nitrogens with one attached hydrogen (secondary N) is 1. The minimum absolute atomic E-state index is 0.0580. The highest BCUT2D eigenvalue weighted by molar-refractivity contribution is 7.92. The molecule has 0 amide bonds. The molecule has 3 aromatic heterocycles. The van der Waals surface area contributed by atoms with Crippen LogP contribution in [0.4, 0.5) is 5.82 Å². The third kappa shape index (κ3) is 3.89. The zero-order valence-corrected chi connectivity index (χ0v) is 17.3. The van der Waals surface area contributed by atoms with Crippen LogP contribution in [-0.4, -0.2) is 29.8 Å². The number of furan rings is 1. The van der Waals surface area contributed by atoms with Crippen molar-refractivity contribution in [3.05, 3.63) is 59.8 Å². The first kappa shape index (κ1) is 19.2. The van der Waals surface area contributed by atoms with E-state index in [2.05, 4.69) is 14.8 Å². The molecule has 8 nitrogen and oxygen atoms in total. The van der Waals surface area contributed by atoms with Gasteiger partial charge < -0.3 is 9.15 Å². The van der Waals surface area contributed by atoms with Crippen molar-refractivity contribution < 1.29 is 17.6 Å². The van der Waals surface area contributed by atoms with E-state index >= 15 is 0 Å². The zero-order chi connectivity index (χ0) is 20.4. The Morgan fingerprint density at radius 2 is 2.07 bits per heavy atom. The molecular formula is C19H18N4O4S2. The van der Waals surface area contributed by atoms with Gasteiger partial charge >= 0.3 is 0 Å². The summed E-state index contributed by atoms with van der Waals surface area (Å²) in [5.74, 6) is 1.21. The van der Waals surface area contributed by atoms with Crippen LogP contribution in [0.25, 0.3) is 16.6 Å². The fourth-order valence-corrected chi connectivity index (χ4v) is 4.71. The van der Waals surface area contributed by atoms with E-state index in [9.17, 15) is 8.42 Å². The maximum absolute atomic E-state index is 13.0. The molecule has 0 aliphatic rings. The number of anilines is 1. The van der Waals surface area contributed by atoms with Gasteiger partial charge in [0, 0.05) is 11.4 Å². The van der Waals surface area contributed by atoms with E-state index in [1.165, 1.54) is 22.1 Å². The molecule has 0 radical (unpaired) electrons. The lowest BCUT2D eigenvalue weighted by Gasteiger charge is -2.12.